The van der Waals surface area contributed by atoms with Gasteiger partial charge in [0.2, 0.25) is 0 Å². The average molecular weight is 2110 g/mol. The summed E-state index contributed by atoms with van der Waals surface area (Å²) in [6.45, 7) is -12.0. The van der Waals surface area contributed by atoms with Crippen molar-refractivity contribution in [2.75, 3.05) is 33.0 Å². The Morgan fingerprint density at radius 3 is 0.475 bits per heavy atom. The first kappa shape index (κ1) is 108. The molecule has 17 N–H and O–H groups in total. The van der Waals surface area contributed by atoms with E-state index in [0.29, 0.717) is 0 Å². The van der Waals surface area contributed by atoms with Crippen molar-refractivity contribution in [3.05, 3.63) is 0 Å². The van der Waals surface area contributed by atoms with E-state index in [9.17, 15) is 213 Å². The van der Waals surface area contributed by atoms with Crippen molar-refractivity contribution in [1.29, 1.82) is 0 Å². The first-order chi connectivity index (χ1) is 53.3. The van der Waals surface area contributed by atoms with E-state index < -0.39 is 353 Å². The molecule has 0 aromatic heterocycles. The summed E-state index contributed by atoms with van der Waals surface area (Å²) in [5, 5.41) is 11.3. The van der Waals surface area contributed by atoms with Gasteiger partial charge in [0.25, 0.3) is 0 Å². The summed E-state index contributed by atoms with van der Waals surface area (Å²) in [7, 11) is -106. The van der Waals surface area contributed by atoms with Crippen LogP contribution in [0.3, 0.4) is 0 Å². The summed E-state index contributed by atoms with van der Waals surface area (Å²) in [5.74, 6) is 0. The van der Waals surface area contributed by atoms with Crippen molar-refractivity contribution in [3.63, 3.8) is 0 Å². The SMILES string of the molecule is O=S(=O)(O)OC[C@H]1O[C@H](O[C@@H]2[C@H](OS(=O)(=O)O)[C@@H](O[C@H]3[C@@H](OS(=O)(=O)O)[C@H](OS(=O)(=O)O)[C@@H](COS(=O)(=O)O)O[C@@H]3O)O[C@H](COS(=O)(=O)O)[C@H]2OS(=O)(=O)O)[C@@H](OS(=O)(=O)O)[C@@H](O[C@H]2O[C@H](COS(=O)(=O)O)[C@@H](OS(=O)(=O)O)[C@H](O[C@H]3O[C@H](COS(=O)(=O)O)[C@@H](OS(=O)(=O)O)[C@H](OS(=O)(=O)O)[C@@H]3OS(=O)(=O)O)[C@@H]2OS(=O)(=O)O)[C@@H]1OS(=O)(=O)O. The minimum absolute atomic E-state index is 2.06. The van der Waals surface area contributed by atoms with Gasteiger partial charge in [0, 0.05) is 0 Å². The summed E-state index contributed by atoms with van der Waals surface area (Å²) in [5.41, 5.74) is 0. The molecule has 74 nitrogen and oxygen atoms in total. The first-order valence-corrected chi connectivity index (χ1v) is 50.0. The van der Waals surface area contributed by atoms with Crippen LogP contribution in [0.5, 0.6) is 0 Å². The summed E-state index contributed by atoms with van der Waals surface area (Å²) in [6, 6.07) is 0. The highest BCUT2D eigenvalue weighted by Gasteiger charge is 2.65. The van der Waals surface area contributed by atoms with Crippen LogP contribution in [0.15, 0.2) is 0 Å². The Kier molecular flexibility index (Phi) is 35.5. The predicted octanol–water partition coefficient (Wildman–Crippen LogP) is -14.7. The van der Waals surface area contributed by atoms with Crippen molar-refractivity contribution in [2.45, 2.75) is 154 Å². The van der Waals surface area contributed by atoms with Gasteiger partial charge in [0.15, 0.2) is 55.9 Å². The lowest BCUT2D eigenvalue weighted by Crippen LogP contribution is -2.70. The van der Waals surface area contributed by atoms with Gasteiger partial charge in [-0.15, -0.1) is 0 Å². The third-order valence-corrected chi connectivity index (χ3v) is 20.9. The third-order valence-electron chi connectivity index (χ3n) is 13.6. The molecule has 5 rings (SSSR count). The lowest BCUT2D eigenvalue weighted by molar-refractivity contribution is -0.386. The second-order valence-corrected chi connectivity index (χ2v) is 39.1. The molecule has 0 aromatic rings. The number of aliphatic hydroxyl groups is 1. The lowest BCUT2D eigenvalue weighted by atomic mass is 9.95. The Bertz CT molecular complexity index is 5560. The molecule has 120 heavy (non-hydrogen) atoms. The molecule has 5 saturated heterocycles. The predicted molar refractivity (Wildman–Crippen MR) is 333 cm³/mol. The molecule has 5 heterocycles. The number of hydrogen-bond donors (Lipinski definition) is 17. The van der Waals surface area contributed by atoms with Gasteiger partial charge in [0.05, 0.1) is 33.0 Å². The molecule has 5 aliphatic rings. The minimum atomic E-state index is -7.10. The van der Waals surface area contributed by atoms with Gasteiger partial charge >= 0.3 is 166 Å². The van der Waals surface area contributed by atoms with Crippen LogP contribution in [0.4, 0.5) is 0 Å². The fourth-order valence-electron chi connectivity index (χ4n) is 10.3. The molecule has 0 saturated carbocycles. The van der Waals surface area contributed by atoms with Gasteiger partial charge in [-0.3, -0.25) is 72.8 Å². The maximum atomic E-state index is 13.2. The molecule has 712 valence electrons. The van der Waals surface area contributed by atoms with Crippen LogP contribution in [0.2, 0.25) is 0 Å². The Balaban J connectivity index is 2.03. The Hall–Kier alpha value is -2.48. The van der Waals surface area contributed by atoms with E-state index in [1.165, 1.54) is 0 Å². The molecule has 0 unspecified atom stereocenters. The van der Waals surface area contributed by atoms with Crippen molar-refractivity contribution < 1.29 is 322 Å². The van der Waals surface area contributed by atoms with Crippen LogP contribution in [0, 0.1) is 0 Å². The van der Waals surface area contributed by atoms with Gasteiger partial charge in [-0.05, 0) is 0 Å². The summed E-state index contributed by atoms with van der Waals surface area (Å²) in [4.78, 5) is 0. The number of rotatable bonds is 45. The van der Waals surface area contributed by atoms with Gasteiger partial charge in [-0.25, -0.2) is 66.9 Å². The highest BCUT2D eigenvalue weighted by atomic mass is 32.3. The highest BCUT2D eigenvalue weighted by Crippen LogP contribution is 2.43. The second kappa shape index (κ2) is 39.5. The van der Waals surface area contributed by atoms with E-state index >= 15 is 0 Å². The van der Waals surface area contributed by atoms with Crippen LogP contribution in [-0.4, -0.2) is 399 Å². The quantitative estimate of drug-likeness (QED) is 0.0252. The topological polar surface area (TPSA) is 1120 Å². The van der Waals surface area contributed by atoms with Crippen molar-refractivity contribution >= 4 is 166 Å². The first-order valence-electron chi connectivity index (χ1n) is 28.2. The summed E-state index contributed by atoms with van der Waals surface area (Å²) < 4.78 is 672. The van der Waals surface area contributed by atoms with Gasteiger partial charge in [-0.2, -0.15) is 135 Å². The molecule has 0 amide bonds. The zero-order valence-corrected chi connectivity index (χ0v) is 68.4. The maximum Gasteiger partial charge on any atom is 0.397 e. The van der Waals surface area contributed by atoms with Crippen LogP contribution < -0.4 is 0 Å². The van der Waals surface area contributed by atoms with E-state index in [0.717, 1.165) is 0 Å². The largest absolute Gasteiger partial charge is 0.397 e. The standard InChI is InChI=1S/C30H52O74S16/c31-26-21(19(99-115(62,63)64)14(97-113(56,57)58)6(85-26)1-80-105(32,33)34)93-29-24(103-119(74,75)76)18(13(96-112(53,54)55)9(88-29)4-83-108(41,42)43)91-27-22(101-117(68,69)70)16(11(94-110(47,48)49)7(86-27)2-81-106(35,36)37)90-28-23(102-118(71,72)73)17(12(95-111(50,51)52)8(87-28)3-82-107(38,39)40)92-30-25(104-120(77,78)79)20(100-116(65,66)67)15(98-114(59,60)61)10(89-30)5-84-109(44,45)46/h6-31H,1-5H2,(H,32,33,34)(H,35,36,37)(H,38,39,40)(H,41,42,43)(H,44,45,46)(H,47,48,49)(H,50,51,52)(H,53,54,55)(H,56,57,58)(H,59,60,61)(H,62,63,64)(H,65,66,67)(H,68,69,70)(H,71,72,73)(H,74,75,76)(H,77,78,79)/t6-,7-,8-,9-,10-,11-,12-,13-,14-,15-,16+,17+,18+,19+,20+,21+,22+,23+,24+,25+,26+,27-,28-,29-,30-/m1/s1. The Labute approximate surface area is 670 Å². The van der Waals surface area contributed by atoms with E-state index in [4.69, 9.17) is 42.6 Å². The molecule has 0 aliphatic carbocycles. The van der Waals surface area contributed by atoms with Crippen LogP contribution in [0.25, 0.3) is 0 Å². The van der Waals surface area contributed by atoms with E-state index in [1.54, 1.807) is 0 Å². The second-order valence-electron chi connectivity index (χ2n) is 22.1. The molecular formula is C30H52O74S16. The van der Waals surface area contributed by atoms with Crippen LogP contribution in [-0.2, 0) is 276 Å². The molecule has 0 radical (unpaired) electrons. The van der Waals surface area contributed by atoms with Gasteiger partial charge < -0.3 is 47.7 Å². The highest BCUT2D eigenvalue weighted by molar-refractivity contribution is 7.84. The number of aliphatic hydroxyl groups excluding tert-OH is 1. The van der Waals surface area contributed by atoms with Gasteiger partial charge in [0.1, 0.15) is 97.7 Å². The molecular weight excluding hydrogens is 2060 g/mol. The third kappa shape index (κ3) is 38.4. The molecule has 5 aliphatic heterocycles. The lowest BCUT2D eigenvalue weighted by Gasteiger charge is -2.51. The monoisotopic (exact) mass is 2110 g/mol. The zero-order valence-electron chi connectivity index (χ0n) is 55.4. The molecule has 0 aromatic carbocycles. The van der Waals surface area contributed by atoms with Gasteiger partial charge in [-0.1, -0.05) is 0 Å². The summed E-state index contributed by atoms with van der Waals surface area (Å²) in [6.07, 6.45) is -96.3. The number of ether oxygens (including phenoxy) is 9. The average Bonchev–Trinajstić information content (AvgIpc) is 0.747. The fourth-order valence-corrected chi connectivity index (χ4v) is 17.3. The molecule has 90 heteroatoms. The minimum Gasteiger partial charge on any atom is -0.366 e. The smallest absolute Gasteiger partial charge is 0.366 e. The Morgan fingerprint density at radius 1 is 0.167 bits per heavy atom. The van der Waals surface area contributed by atoms with Crippen LogP contribution >= 0.6 is 0 Å². The zero-order chi connectivity index (χ0) is 92.6. The van der Waals surface area contributed by atoms with Crippen molar-refractivity contribution in [3.8, 4) is 0 Å². The van der Waals surface area contributed by atoms with E-state index in [1.807, 2.05) is 0 Å². The molecule has 25 atom stereocenters. The van der Waals surface area contributed by atoms with Crippen LogP contribution in [0.1, 0.15) is 0 Å². The number of hydrogen-bond acceptors (Lipinski definition) is 58. The summed E-state index contributed by atoms with van der Waals surface area (Å²) >= 11 is 0. The van der Waals surface area contributed by atoms with E-state index in [-0.39, 0.29) is 0 Å². The van der Waals surface area contributed by atoms with Crippen molar-refractivity contribution in [2.24, 2.45) is 0 Å². The van der Waals surface area contributed by atoms with Crippen molar-refractivity contribution in [1.82, 2.24) is 0 Å². The molecule has 0 spiro atoms. The maximum absolute atomic E-state index is 13.2. The Morgan fingerprint density at radius 2 is 0.300 bits per heavy atom. The fraction of sp³-hybridized carbons (Fsp3) is 1.00. The molecule has 0 bridgehead atoms. The van der Waals surface area contributed by atoms with E-state index in [2.05, 4.69) is 66.9 Å². The normalized spacial score (nSPS) is 33.4. The molecule has 5 fully saturated rings.